The molecule has 10 nitrogen and oxygen atoms in total. The molecule has 0 bridgehead atoms. The van der Waals surface area contributed by atoms with E-state index in [1.54, 1.807) is 47.9 Å². The van der Waals surface area contributed by atoms with Crippen molar-refractivity contribution in [2.75, 3.05) is 18.4 Å². The summed E-state index contributed by atoms with van der Waals surface area (Å²) >= 11 is 0. The Morgan fingerprint density at radius 2 is 2.03 bits per heavy atom. The van der Waals surface area contributed by atoms with E-state index >= 15 is 0 Å². The van der Waals surface area contributed by atoms with Crippen LogP contribution in [0.25, 0.3) is 0 Å². The Labute approximate surface area is 181 Å². The molecular formula is C20H25N7O3S. The van der Waals surface area contributed by atoms with Crippen molar-refractivity contribution in [1.82, 2.24) is 28.6 Å². The third kappa shape index (κ3) is 4.67. The van der Waals surface area contributed by atoms with Crippen LogP contribution >= 0.6 is 0 Å². The lowest BCUT2D eigenvalue weighted by Gasteiger charge is -2.29. The monoisotopic (exact) mass is 443 g/mol. The van der Waals surface area contributed by atoms with Crippen molar-refractivity contribution >= 4 is 21.7 Å². The minimum absolute atomic E-state index is 0.0505. The van der Waals surface area contributed by atoms with Gasteiger partial charge in [0, 0.05) is 56.9 Å². The van der Waals surface area contributed by atoms with Crippen molar-refractivity contribution in [1.29, 1.82) is 0 Å². The van der Waals surface area contributed by atoms with Crippen LogP contribution in [0, 0.1) is 12.8 Å². The highest BCUT2D eigenvalue weighted by atomic mass is 32.2. The first-order valence-corrected chi connectivity index (χ1v) is 11.5. The summed E-state index contributed by atoms with van der Waals surface area (Å²) in [6.45, 7) is 2.89. The molecule has 0 aliphatic carbocycles. The number of aryl methyl sites for hydroxylation is 2. The van der Waals surface area contributed by atoms with Gasteiger partial charge in [0.15, 0.2) is 10.8 Å². The van der Waals surface area contributed by atoms with Crippen molar-refractivity contribution < 1.29 is 13.2 Å². The molecule has 3 aromatic heterocycles. The molecule has 4 rings (SSSR count). The molecule has 4 heterocycles. The first kappa shape index (κ1) is 21.2. The van der Waals surface area contributed by atoms with Gasteiger partial charge < -0.3 is 9.88 Å². The number of nitrogens with zero attached hydrogens (tertiary/aromatic N) is 6. The van der Waals surface area contributed by atoms with E-state index in [0.29, 0.717) is 31.0 Å². The standard InChI is InChI=1S/C20H25N7O3S/c1-15-22-19(14-25(15)2)31(29,30)27-10-5-17(6-11-27)20(28)23-18-7-9-26(24-18)13-16-4-3-8-21-12-16/h3-4,7-9,12,14,17H,5-6,10-11,13H2,1-2H3,(H,23,24,28). The van der Waals surface area contributed by atoms with Crippen LogP contribution in [-0.4, -0.2) is 56.0 Å². The average molecular weight is 444 g/mol. The second-order valence-electron chi connectivity index (χ2n) is 7.66. The van der Waals surface area contributed by atoms with E-state index in [0.717, 1.165) is 5.56 Å². The summed E-state index contributed by atoms with van der Waals surface area (Å²) in [6, 6.07) is 5.57. The summed E-state index contributed by atoms with van der Waals surface area (Å²) in [7, 11) is -1.89. The molecule has 1 amide bonds. The van der Waals surface area contributed by atoms with Gasteiger partial charge in [0.05, 0.1) is 6.54 Å². The minimum atomic E-state index is -3.65. The van der Waals surface area contributed by atoms with E-state index in [4.69, 9.17) is 0 Å². The van der Waals surface area contributed by atoms with Gasteiger partial charge in [0.1, 0.15) is 5.82 Å². The highest BCUT2D eigenvalue weighted by molar-refractivity contribution is 7.89. The largest absolute Gasteiger partial charge is 0.337 e. The number of aromatic nitrogens is 5. The van der Waals surface area contributed by atoms with Crippen molar-refractivity contribution in [3.63, 3.8) is 0 Å². The fraction of sp³-hybridized carbons (Fsp3) is 0.400. The molecule has 0 unspecified atom stereocenters. The number of carbonyl (C=O) groups excluding carboxylic acids is 1. The van der Waals surface area contributed by atoms with Crippen LogP contribution in [0.2, 0.25) is 0 Å². The zero-order valence-corrected chi connectivity index (χ0v) is 18.3. The van der Waals surface area contributed by atoms with Crippen LogP contribution in [0.4, 0.5) is 5.82 Å². The summed E-state index contributed by atoms with van der Waals surface area (Å²) in [5, 5.41) is 7.28. The second-order valence-corrected chi connectivity index (χ2v) is 9.55. The van der Waals surface area contributed by atoms with Crippen LogP contribution in [0.15, 0.2) is 48.0 Å². The number of rotatable bonds is 6. The maximum atomic E-state index is 12.8. The average Bonchev–Trinajstić information content (AvgIpc) is 3.35. The molecule has 0 spiro atoms. The normalized spacial score (nSPS) is 15.8. The van der Waals surface area contributed by atoms with Gasteiger partial charge >= 0.3 is 0 Å². The van der Waals surface area contributed by atoms with E-state index in [1.165, 1.54) is 10.5 Å². The zero-order chi connectivity index (χ0) is 22.0. The lowest BCUT2D eigenvalue weighted by atomic mass is 9.97. The summed E-state index contributed by atoms with van der Waals surface area (Å²) in [5.74, 6) is 0.710. The molecule has 0 radical (unpaired) electrons. The van der Waals surface area contributed by atoms with E-state index in [2.05, 4.69) is 20.4 Å². The molecule has 1 saturated heterocycles. The van der Waals surface area contributed by atoms with Crippen LogP contribution in [0.1, 0.15) is 24.2 Å². The number of imidazole rings is 1. The van der Waals surface area contributed by atoms with Gasteiger partial charge in [-0.3, -0.25) is 14.5 Å². The van der Waals surface area contributed by atoms with E-state index in [-0.39, 0.29) is 29.9 Å². The van der Waals surface area contributed by atoms with Crippen molar-refractivity contribution in [3.8, 4) is 0 Å². The zero-order valence-electron chi connectivity index (χ0n) is 17.5. The molecule has 31 heavy (non-hydrogen) atoms. The summed E-state index contributed by atoms with van der Waals surface area (Å²) in [6.07, 6.45) is 7.71. The fourth-order valence-corrected chi connectivity index (χ4v) is 5.06. The van der Waals surface area contributed by atoms with Gasteiger partial charge in [-0.25, -0.2) is 13.4 Å². The van der Waals surface area contributed by atoms with Gasteiger partial charge in [-0.1, -0.05) is 6.07 Å². The molecule has 0 atom stereocenters. The van der Waals surface area contributed by atoms with Crippen LogP contribution in [-0.2, 0) is 28.4 Å². The number of anilines is 1. The number of pyridine rings is 1. The Kier molecular flexibility index (Phi) is 5.88. The number of hydrogen-bond acceptors (Lipinski definition) is 6. The van der Waals surface area contributed by atoms with Gasteiger partial charge in [-0.2, -0.15) is 9.40 Å². The van der Waals surface area contributed by atoms with E-state index in [1.807, 2.05) is 12.1 Å². The van der Waals surface area contributed by atoms with Crippen molar-refractivity contribution in [2.45, 2.75) is 31.3 Å². The van der Waals surface area contributed by atoms with Crippen LogP contribution in [0.3, 0.4) is 0 Å². The number of piperidine rings is 1. The molecule has 1 fully saturated rings. The Balaban J connectivity index is 1.32. The van der Waals surface area contributed by atoms with Crippen LogP contribution < -0.4 is 5.32 Å². The molecule has 0 aromatic carbocycles. The van der Waals surface area contributed by atoms with Gasteiger partial charge in [-0.15, -0.1) is 0 Å². The predicted molar refractivity (Wildman–Crippen MR) is 114 cm³/mol. The lowest BCUT2D eigenvalue weighted by molar-refractivity contribution is -0.120. The maximum absolute atomic E-state index is 12.8. The lowest BCUT2D eigenvalue weighted by Crippen LogP contribution is -2.41. The molecule has 0 saturated carbocycles. The number of nitrogens with one attached hydrogen (secondary N) is 1. The molecule has 11 heteroatoms. The number of sulfonamides is 1. The molecule has 3 aromatic rings. The highest BCUT2D eigenvalue weighted by Crippen LogP contribution is 2.24. The molecule has 1 N–H and O–H groups in total. The molecule has 164 valence electrons. The van der Waals surface area contributed by atoms with Crippen LogP contribution in [0.5, 0.6) is 0 Å². The summed E-state index contributed by atoms with van der Waals surface area (Å²) in [4.78, 5) is 20.9. The molecule has 1 aliphatic heterocycles. The third-order valence-corrected chi connectivity index (χ3v) is 7.25. The van der Waals surface area contributed by atoms with Crippen molar-refractivity contribution in [3.05, 3.63) is 54.4 Å². The predicted octanol–water partition coefficient (Wildman–Crippen LogP) is 1.41. The number of hydrogen-bond donors (Lipinski definition) is 1. The Morgan fingerprint density at radius 3 is 2.68 bits per heavy atom. The van der Waals surface area contributed by atoms with E-state index < -0.39 is 10.0 Å². The van der Waals surface area contributed by atoms with Crippen molar-refractivity contribution in [2.24, 2.45) is 13.0 Å². The molecular weight excluding hydrogens is 418 g/mol. The van der Waals surface area contributed by atoms with Gasteiger partial charge in [0.25, 0.3) is 10.0 Å². The number of carbonyl (C=O) groups is 1. The first-order chi connectivity index (χ1) is 14.8. The minimum Gasteiger partial charge on any atom is -0.337 e. The smallest absolute Gasteiger partial charge is 0.262 e. The Bertz CT molecular complexity index is 1140. The van der Waals surface area contributed by atoms with Gasteiger partial charge in [-0.05, 0) is 31.4 Å². The number of amides is 1. The SMILES string of the molecule is Cc1nc(S(=O)(=O)N2CCC(C(=O)Nc3ccn(Cc4cccnc4)n3)CC2)cn1C. The summed E-state index contributed by atoms with van der Waals surface area (Å²) in [5.41, 5.74) is 1.01. The van der Waals surface area contributed by atoms with E-state index in [9.17, 15) is 13.2 Å². The third-order valence-electron chi connectivity index (χ3n) is 5.47. The summed E-state index contributed by atoms with van der Waals surface area (Å²) < 4.78 is 30.4. The fourth-order valence-electron chi connectivity index (χ4n) is 3.56. The Hall–Kier alpha value is -3.05. The topological polar surface area (TPSA) is 115 Å². The first-order valence-electron chi connectivity index (χ1n) is 10.1. The Morgan fingerprint density at radius 1 is 1.26 bits per heavy atom. The second kappa shape index (κ2) is 8.60. The quantitative estimate of drug-likeness (QED) is 0.616. The van der Waals surface area contributed by atoms with Gasteiger partial charge in [0.2, 0.25) is 5.91 Å². The highest BCUT2D eigenvalue weighted by Gasteiger charge is 2.33. The molecule has 1 aliphatic rings. The maximum Gasteiger partial charge on any atom is 0.262 e.